The molecule has 0 aliphatic rings. The number of hydrazone groups is 2. The van der Waals surface area contributed by atoms with Gasteiger partial charge in [-0.1, -0.05) is 24.3 Å². The number of amides is 2. The summed E-state index contributed by atoms with van der Waals surface area (Å²) in [6.45, 7) is 0. The Kier molecular flexibility index (Phi) is 16.8. The smallest absolute Gasteiger partial charge is 1.00 e. The second kappa shape index (κ2) is 18.9. The molecule has 10 nitrogen and oxygen atoms in total. The predicted octanol–water partition coefficient (Wildman–Crippen LogP) is -2.89. The third-order valence-corrected chi connectivity index (χ3v) is 4.50. The van der Waals surface area contributed by atoms with Crippen LogP contribution < -0.4 is 35.7 Å². The van der Waals surface area contributed by atoms with Crippen LogP contribution in [0.15, 0.2) is 108 Å². The van der Waals surface area contributed by atoms with Crippen molar-refractivity contribution in [1.82, 2.24) is 20.8 Å². The number of phenolic OH excluding ortho intramolecular Hbond substituents is 2. The monoisotopic (exact) mass is 607 g/mol. The number of aromatic hydroxyl groups is 2. The van der Waals surface area contributed by atoms with Gasteiger partial charge in [-0.15, -0.1) is 0 Å². The number of benzene rings is 2. The molecule has 0 bridgehead atoms. The fraction of sp³-hybridized carbons (Fsp3) is 0. The van der Waals surface area contributed by atoms with Crippen LogP contribution in [0.4, 0.5) is 0 Å². The van der Waals surface area contributed by atoms with Crippen LogP contribution >= 0.6 is 0 Å². The second-order valence-corrected chi connectivity index (χ2v) is 6.99. The number of phenols is 2. The Balaban J connectivity index is 0.000000688. The Morgan fingerprint density at radius 1 is 0.615 bits per heavy atom. The van der Waals surface area contributed by atoms with Crippen LogP contribution in [0.1, 0.15) is 31.8 Å². The van der Waals surface area contributed by atoms with E-state index in [4.69, 9.17) is 0 Å². The minimum Gasteiger partial charge on any atom is -1.00 e. The molecule has 4 rings (SSSR count). The van der Waals surface area contributed by atoms with Crippen LogP contribution in [-0.4, -0.2) is 44.4 Å². The standard InChI is InChI=1S/2C13H11N3O2.2ClH.Mn/c2*17-12-4-2-1-3-11(12)9-15-16-13(18)10-5-7-14-8-6-10;;;/h2*1-9,17H,(H,16,18);2*1H;/q;;;;+2/p-2/b2*15-9+;;;. The number of halogens is 2. The van der Waals surface area contributed by atoms with Gasteiger partial charge in [0.15, 0.2) is 0 Å². The van der Waals surface area contributed by atoms with E-state index in [1.54, 1.807) is 72.8 Å². The van der Waals surface area contributed by atoms with Crippen molar-refractivity contribution >= 4 is 24.2 Å². The van der Waals surface area contributed by atoms with Gasteiger partial charge in [0.2, 0.25) is 0 Å². The minimum absolute atomic E-state index is 0. The number of nitrogens with zero attached hydrogens (tertiary/aromatic N) is 4. The Labute approximate surface area is 247 Å². The fourth-order valence-electron chi connectivity index (χ4n) is 2.65. The van der Waals surface area contributed by atoms with Crippen LogP contribution in [0.25, 0.3) is 0 Å². The third kappa shape index (κ3) is 11.8. The molecule has 39 heavy (non-hydrogen) atoms. The van der Waals surface area contributed by atoms with Gasteiger partial charge >= 0.3 is 17.1 Å². The molecule has 0 saturated carbocycles. The Hall–Kier alpha value is -4.28. The summed E-state index contributed by atoms with van der Waals surface area (Å²) in [5.41, 5.74) is 6.75. The van der Waals surface area contributed by atoms with Gasteiger partial charge in [0, 0.05) is 47.0 Å². The van der Waals surface area contributed by atoms with Gasteiger partial charge in [-0.25, -0.2) is 10.9 Å². The average Bonchev–Trinajstić information content (AvgIpc) is 2.92. The van der Waals surface area contributed by atoms with Crippen molar-refractivity contribution in [2.45, 2.75) is 0 Å². The summed E-state index contributed by atoms with van der Waals surface area (Å²) < 4.78 is 0. The molecule has 2 aromatic heterocycles. The van der Waals surface area contributed by atoms with Crippen LogP contribution in [0.2, 0.25) is 0 Å². The second-order valence-electron chi connectivity index (χ2n) is 6.99. The molecule has 1 radical (unpaired) electrons. The van der Waals surface area contributed by atoms with Crippen LogP contribution in [-0.2, 0) is 17.1 Å². The molecular formula is C26H22Cl2MnN6O4. The first-order chi connectivity index (χ1) is 17.5. The van der Waals surface area contributed by atoms with Crippen molar-refractivity contribution in [3.63, 3.8) is 0 Å². The van der Waals surface area contributed by atoms with E-state index >= 15 is 0 Å². The van der Waals surface area contributed by atoms with E-state index < -0.39 is 0 Å². The van der Waals surface area contributed by atoms with E-state index in [1.165, 1.54) is 37.2 Å². The molecule has 0 saturated heterocycles. The van der Waals surface area contributed by atoms with Crippen molar-refractivity contribution in [3.8, 4) is 11.5 Å². The number of carbonyl (C=O) groups excluding carboxylic acids is 2. The molecule has 4 N–H and O–H groups in total. The molecule has 4 aromatic rings. The first-order valence-electron chi connectivity index (χ1n) is 10.6. The van der Waals surface area contributed by atoms with Crippen molar-refractivity contribution in [2.75, 3.05) is 0 Å². The first-order valence-corrected chi connectivity index (χ1v) is 10.6. The van der Waals surface area contributed by atoms with E-state index in [0.29, 0.717) is 22.3 Å². The molecule has 0 aliphatic carbocycles. The summed E-state index contributed by atoms with van der Waals surface area (Å²) in [7, 11) is 0. The van der Waals surface area contributed by atoms with Crippen molar-refractivity contribution in [1.29, 1.82) is 0 Å². The number of para-hydroxylation sites is 2. The molecular weight excluding hydrogens is 586 g/mol. The van der Waals surface area contributed by atoms with Crippen molar-refractivity contribution in [2.24, 2.45) is 10.2 Å². The van der Waals surface area contributed by atoms with E-state index in [0.717, 1.165) is 0 Å². The van der Waals surface area contributed by atoms with Gasteiger partial charge in [0.05, 0.1) is 12.4 Å². The maximum atomic E-state index is 11.6. The van der Waals surface area contributed by atoms with Gasteiger partial charge in [-0.3, -0.25) is 19.6 Å². The number of hydrogen-bond donors (Lipinski definition) is 4. The molecule has 2 heterocycles. The Morgan fingerprint density at radius 2 is 0.949 bits per heavy atom. The number of aromatic nitrogens is 2. The summed E-state index contributed by atoms with van der Waals surface area (Å²) in [5.74, 6) is -0.438. The number of nitrogens with one attached hydrogen (secondary N) is 2. The van der Waals surface area contributed by atoms with Crippen molar-refractivity contribution < 1.29 is 61.7 Å². The van der Waals surface area contributed by atoms with E-state index in [2.05, 4.69) is 31.0 Å². The Bertz CT molecular complexity index is 1260. The topological polar surface area (TPSA) is 149 Å². The molecule has 2 aromatic carbocycles. The molecule has 2 amide bonds. The molecule has 0 aliphatic heterocycles. The van der Waals surface area contributed by atoms with Crippen LogP contribution in [0, 0.1) is 0 Å². The average molecular weight is 608 g/mol. The molecule has 0 unspecified atom stereocenters. The number of pyridine rings is 2. The number of hydrogen-bond acceptors (Lipinski definition) is 8. The summed E-state index contributed by atoms with van der Waals surface area (Å²) in [4.78, 5) is 30.8. The van der Waals surface area contributed by atoms with Crippen LogP contribution in [0.3, 0.4) is 0 Å². The number of rotatable bonds is 6. The quantitative estimate of drug-likeness (QED) is 0.105. The van der Waals surface area contributed by atoms with E-state index in [9.17, 15) is 19.8 Å². The molecule has 0 fully saturated rings. The number of carbonyl (C=O) groups is 2. The fourth-order valence-corrected chi connectivity index (χ4v) is 2.65. The van der Waals surface area contributed by atoms with Gasteiger partial charge in [-0.05, 0) is 48.5 Å². The van der Waals surface area contributed by atoms with Crippen molar-refractivity contribution in [3.05, 3.63) is 120 Å². The molecule has 201 valence electrons. The van der Waals surface area contributed by atoms with Gasteiger partial charge < -0.3 is 35.0 Å². The minimum atomic E-state index is -0.330. The summed E-state index contributed by atoms with van der Waals surface area (Å²) >= 11 is 0. The van der Waals surface area contributed by atoms with Gasteiger partial charge in [-0.2, -0.15) is 10.2 Å². The zero-order chi connectivity index (χ0) is 25.6. The molecule has 0 atom stereocenters. The zero-order valence-electron chi connectivity index (χ0n) is 20.0. The molecule has 0 spiro atoms. The first kappa shape index (κ1) is 34.7. The molecule has 13 heteroatoms. The zero-order valence-corrected chi connectivity index (χ0v) is 22.7. The predicted molar refractivity (Wildman–Crippen MR) is 135 cm³/mol. The Morgan fingerprint density at radius 3 is 1.28 bits per heavy atom. The maximum absolute atomic E-state index is 11.6. The normalized spacial score (nSPS) is 9.64. The summed E-state index contributed by atoms with van der Waals surface area (Å²) in [6.07, 6.45) is 8.88. The summed E-state index contributed by atoms with van der Waals surface area (Å²) in [6, 6.07) is 19.8. The maximum Gasteiger partial charge on any atom is 2.00 e. The van der Waals surface area contributed by atoms with Gasteiger partial charge in [0.25, 0.3) is 11.8 Å². The van der Waals surface area contributed by atoms with Crippen LogP contribution in [0.5, 0.6) is 11.5 Å². The summed E-state index contributed by atoms with van der Waals surface area (Å²) in [5, 5.41) is 26.5. The van der Waals surface area contributed by atoms with E-state index in [-0.39, 0.29) is 65.2 Å². The largest absolute Gasteiger partial charge is 2.00 e. The SMILES string of the molecule is O=C(N/N=C/c1ccccc1O)c1ccncc1.O=C(N/N=C/c1ccccc1O)c1ccncc1.[Cl-].[Cl-].[Mn+2]. The third-order valence-electron chi connectivity index (χ3n) is 4.50. The van der Waals surface area contributed by atoms with Gasteiger partial charge in [0.1, 0.15) is 11.5 Å². The van der Waals surface area contributed by atoms with E-state index in [1.807, 2.05) is 0 Å².